The zero-order valence-corrected chi connectivity index (χ0v) is 17.2. The van der Waals surface area contributed by atoms with Crippen molar-refractivity contribution >= 4 is 12.0 Å². The van der Waals surface area contributed by atoms with Crippen LogP contribution in [0.5, 0.6) is 11.5 Å². The van der Waals surface area contributed by atoms with Gasteiger partial charge < -0.3 is 14.8 Å². The summed E-state index contributed by atoms with van der Waals surface area (Å²) in [5, 5.41) is 2.96. The molecule has 154 valence electrons. The van der Waals surface area contributed by atoms with E-state index in [9.17, 15) is 4.79 Å². The fourth-order valence-electron chi connectivity index (χ4n) is 3.01. The summed E-state index contributed by atoms with van der Waals surface area (Å²) in [5.41, 5.74) is 3.27. The van der Waals surface area contributed by atoms with E-state index >= 15 is 0 Å². The molecule has 3 aromatic carbocycles. The standard InChI is InChI=1S/C26H27NO3/c1-29-24-16-15-22(19-25(24)30-20-23-11-6-3-7-12-23)17-18-27-26(28)14-8-13-21-9-4-2-5-10-21/h2-13,15-16,19H,14,17-18,20H2,1H3,(H,27,28)/b13-8+. The molecule has 0 bridgehead atoms. The molecule has 0 radical (unpaired) electrons. The van der Waals surface area contributed by atoms with E-state index in [4.69, 9.17) is 9.47 Å². The highest BCUT2D eigenvalue weighted by molar-refractivity contribution is 5.78. The first-order valence-corrected chi connectivity index (χ1v) is 10.1. The van der Waals surface area contributed by atoms with Gasteiger partial charge in [-0.3, -0.25) is 4.79 Å². The number of carbonyl (C=O) groups excluding carboxylic acids is 1. The number of nitrogens with one attached hydrogen (secondary N) is 1. The fourth-order valence-corrected chi connectivity index (χ4v) is 3.01. The Kier molecular flexibility index (Phi) is 8.10. The molecule has 1 amide bonds. The lowest BCUT2D eigenvalue weighted by Crippen LogP contribution is -2.24. The molecule has 3 aromatic rings. The average Bonchev–Trinajstić information content (AvgIpc) is 2.79. The Balaban J connectivity index is 1.47. The summed E-state index contributed by atoms with van der Waals surface area (Å²) < 4.78 is 11.4. The van der Waals surface area contributed by atoms with Crippen LogP contribution < -0.4 is 14.8 Å². The first-order valence-electron chi connectivity index (χ1n) is 10.1. The van der Waals surface area contributed by atoms with Crippen LogP contribution in [0.15, 0.2) is 84.9 Å². The van der Waals surface area contributed by atoms with Crippen LogP contribution >= 0.6 is 0 Å². The van der Waals surface area contributed by atoms with Crippen LogP contribution in [0, 0.1) is 0 Å². The van der Waals surface area contributed by atoms with E-state index < -0.39 is 0 Å². The smallest absolute Gasteiger partial charge is 0.223 e. The van der Waals surface area contributed by atoms with Crippen LogP contribution in [-0.4, -0.2) is 19.6 Å². The van der Waals surface area contributed by atoms with Crippen LogP contribution in [0.1, 0.15) is 23.1 Å². The predicted molar refractivity (Wildman–Crippen MR) is 121 cm³/mol. The van der Waals surface area contributed by atoms with Gasteiger partial charge in [-0.2, -0.15) is 0 Å². The third-order valence-electron chi connectivity index (χ3n) is 4.61. The number of benzene rings is 3. The van der Waals surface area contributed by atoms with Gasteiger partial charge in [0.2, 0.25) is 5.91 Å². The van der Waals surface area contributed by atoms with Crippen molar-refractivity contribution in [3.8, 4) is 11.5 Å². The molecule has 0 saturated heterocycles. The van der Waals surface area contributed by atoms with Crippen molar-refractivity contribution in [3.05, 3.63) is 102 Å². The van der Waals surface area contributed by atoms with Crippen molar-refractivity contribution in [1.29, 1.82) is 0 Å². The van der Waals surface area contributed by atoms with Crippen molar-refractivity contribution in [1.82, 2.24) is 5.32 Å². The molecule has 0 fully saturated rings. The number of amides is 1. The van der Waals surface area contributed by atoms with Crippen LogP contribution in [0.25, 0.3) is 6.08 Å². The van der Waals surface area contributed by atoms with Gasteiger partial charge in [-0.05, 0) is 35.2 Å². The predicted octanol–water partition coefficient (Wildman–Crippen LogP) is 5.04. The van der Waals surface area contributed by atoms with Crippen molar-refractivity contribution in [2.45, 2.75) is 19.4 Å². The molecule has 0 aliphatic rings. The molecule has 0 atom stereocenters. The van der Waals surface area contributed by atoms with Gasteiger partial charge >= 0.3 is 0 Å². The van der Waals surface area contributed by atoms with E-state index in [-0.39, 0.29) is 5.91 Å². The van der Waals surface area contributed by atoms with Gasteiger partial charge in [-0.25, -0.2) is 0 Å². The minimum atomic E-state index is 0.0104. The Hall–Kier alpha value is -3.53. The molecule has 0 unspecified atom stereocenters. The largest absolute Gasteiger partial charge is 0.493 e. The molecule has 4 nitrogen and oxygen atoms in total. The number of ether oxygens (including phenoxy) is 2. The molecule has 3 rings (SSSR count). The highest BCUT2D eigenvalue weighted by atomic mass is 16.5. The van der Waals surface area contributed by atoms with Crippen molar-refractivity contribution in [2.24, 2.45) is 0 Å². The maximum Gasteiger partial charge on any atom is 0.223 e. The third-order valence-corrected chi connectivity index (χ3v) is 4.61. The van der Waals surface area contributed by atoms with E-state index in [1.807, 2.05) is 91.0 Å². The zero-order valence-electron chi connectivity index (χ0n) is 17.2. The molecule has 0 saturated carbocycles. The Morgan fingerprint density at radius 1 is 0.900 bits per heavy atom. The van der Waals surface area contributed by atoms with Gasteiger partial charge in [0.25, 0.3) is 0 Å². The van der Waals surface area contributed by atoms with E-state index in [1.165, 1.54) is 0 Å². The molecular formula is C26H27NO3. The molecule has 0 heterocycles. The van der Waals surface area contributed by atoms with Gasteiger partial charge in [0.15, 0.2) is 11.5 Å². The van der Waals surface area contributed by atoms with E-state index in [0.717, 1.165) is 23.1 Å². The van der Waals surface area contributed by atoms with Gasteiger partial charge in [-0.15, -0.1) is 0 Å². The highest BCUT2D eigenvalue weighted by Crippen LogP contribution is 2.29. The summed E-state index contributed by atoms with van der Waals surface area (Å²) in [6, 6.07) is 25.8. The summed E-state index contributed by atoms with van der Waals surface area (Å²) >= 11 is 0. The second kappa shape index (κ2) is 11.5. The summed E-state index contributed by atoms with van der Waals surface area (Å²) in [6.07, 6.45) is 4.93. The summed E-state index contributed by atoms with van der Waals surface area (Å²) in [5.74, 6) is 1.41. The first kappa shape index (κ1) is 21.2. The Morgan fingerprint density at radius 3 is 2.37 bits per heavy atom. The minimum absolute atomic E-state index is 0.0104. The van der Waals surface area contributed by atoms with Crippen LogP contribution in [-0.2, 0) is 17.8 Å². The summed E-state index contributed by atoms with van der Waals surface area (Å²) in [4.78, 5) is 12.0. The van der Waals surface area contributed by atoms with Crippen LogP contribution in [0.3, 0.4) is 0 Å². The topological polar surface area (TPSA) is 47.6 Å². The van der Waals surface area contributed by atoms with Crippen molar-refractivity contribution in [3.63, 3.8) is 0 Å². The summed E-state index contributed by atoms with van der Waals surface area (Å²) in [7, 11) is 1.63. The quantitative estimate of drug-likeness (QED) is 0.518. The Bertz CT molecular complexity index is 953. The molecule has 0 aliphatic carbocycles. The molecular weight excluding hydrogens is 374 g/mol. The maximum atomic E-state index is 12.0. The zero-order chi connectivity index (χ0) is 21.0. The lowest BCUT2D eigenvalue weighted by Gasteiger charge is -2.13. The van der Waals surface area contributed by atoms with E-state index in [1.54, 1.807) is 7.11 Å². The van der Waals surface area contributed by atoms with Gasteiger partial charge in [0.1, 0.15) is 6.61 Å². The maximum absolute atomic E-state index is 12.0. The van der Waals surface area contributed by atoms with Gasteiger partial charge in [0.05, 0.1) is 7.11 Å². The van der Waals surface area contributed by atoms with Crippen LogP contribution in [0.4, 0.5) is 0 Å². The molecule has 0 aliphatic heterocycles. The van der Waals surface area contributed by atoms with E-state index in [2.05, 4.69) is 5.32 Å². The Morgan fingerprint density at radius 2 is 1.63 bits per heavy atom. The van der Waals surface area contributed by atoms with Crippen molar-refractivity contribution in [2.75, 3.05) is 13.7 Å². The highest BCUT2D eigenvalue weighted by Gasteiger charge is 2.07. The number of carbonyl (C=O) groups is 1. The van der Waals surface area contributed by atoms with Crippen molar-refractivity contribution < 1.29 is 14.3 Å². The lowest BCUT2D eigenvalue weighted by atomic mass is 10.1. The normalized spacial score (nSPS) is 10.7. The molecule has 0 spiro atoms. The SMILES string of the molecule is COc1ccc(CCNC(=O)C/C=C/c2ccccc2)cc1OCc1ccccc1. The number of hydrogen-bond donors (Lipinski definition) is 1. The molecule has 0 aromatic heterocycles. The lowest BCUT2D eigenvalue weighted by molar-refractivity contribution is -0.120. The second-order valence-electron chi connectivity index (χ2n) is 6.88. The van der Waals surface area contributed by atoms with Gasteiger partial charge in [-0.1, -0.05) is 78.9 Å². The molecule has 1 N–H and O–H groups in total. The van der Waals surface area contributed by atoms with Gasteiger partial charge in [0, 0.05) is 13.0 Å². The number of methoxy groups -OCH3 is 1. The number of rotatable bonds is 10. The fraction of sp³-hybridized carbons (Fsp3) is 0.192. The minimum Gasteiger partial charge on any atom is -0.493 e. The first-order chi connectivity index (χ1) is 14.7. The molecule has 30 heavy (non-hydrogen) atoms. The third kappa shape index (κ3) is 6.82. The Labute approximate surface area is 178 Å². The van der Waals surface area contributed by atoms with E-state index in [0.29, 0.717) is 31.1 Å². The molecule has 4 heteroatoms. The summed E-state index contributed by atoms with van der Waals surface area (Å²) in [6.45, 7) is 1.05. The number of hydrogen-bond acceptors (Lipinski definition) is 3. The monoisotopic (exact) mass is 401 g/mol. The average molecular weight is 402 g/mol. The second-order valence-corrected chi connectivity index (χ2v) is 6.88. The van der Waals surface area contributed by atoms with Crippen LogP contribution in [0.2, 0.25) is 0 Å².